The van der Waals surface area contributed by atoms with E-state index in [9.17, 15) is 17.6 Å². The van der Waals surface area contributed by atoms with Crippen molar-refractivity contribution in [3.8, 4) is 0 Å². The monoisotopic (exact) mass is 492 g/mol. The number of aryl methyl sites for hydroxylation is 1. The summed E-state index contributed by atoms with van der Waals surface area (Å²) in [4.78, 5) is 7.97. The first kappa shape index (κ1) is 22.6. The van der Waals surface area contributed by atoms with Crippen molar-refractivity contribution >= 4 is 44.9 Å². The minimum absolute atomic E-state index is 0.00592. The Bertz CT molecular complexity index is 1370. The van der Waals surface area contributed by atoms with Crippen LogP contribution in [0.25, 0.3) is 21.8 Å². The molecule has 4 aromatic rings. The van der Waals surface area contributed by atoms with Crippen LogP contribution in [0.15, 0.2) is 36.7 Å². The van der Waals surface area contributed by atoms with Gasteiger partial charge in [0.2, 0.25) is 0 Å². The minimum Gasteiger partial charge on any atom is -0.382 e. The smallest absolute Gasteiger partial charge is 0.382 e. The number of anilines is 2. The highest BCUT2D eigenvalue weighted by molar-refractivity contribution is 6.31. The van der Waals surface area contributed by atoms with Crippen molar-refractivity contribution in [2.45, 2.75) is 43.9 Å². The van der Waals surface area contributed by atoms with Gasteiger partial charge in [0.15, 0.2) is 5.82 Å². The predicted molar refractivity (Wildman–Crippen MR) is 124 cm³/mol. The Morgan fingerprint density at radius 1 is 1.09 bits per heavy atom. The third kappa shape index (κ3) is 4.46. The molecule has 2 atom stereocenters. The summed E-state index contributed by atoms with van der Waals surface area (Å²) in [5, 5.41) is 12.4. The number of rotatable bonds is 4. The summed E-state index contributed by atoms with van der Waals surface area (Å²) in [5.74, 6) is 0.0451. The molecular formula is C23H21ClF4N6. The van der Waals surface area contributed by atoms with E-state index >= 15 is 0 Å². The van der Waals surface area contributed by atoms with Gasteiger partial charge < -0.3 is 10.6 Å². The highest BCUT2D eigenvalue weighted by Gasteiger charge is 2.34. The lowest BCUT2D eigenvalue weighted by molar-refractivity contribution is -0.140. The van der Waals surface area contributed by atoms with Crippen LogP contribution in [0.2, 0.25) is 5.02 Å². The fraction of sp³-hybridized carbons (Fsp3) is 0.348. The number of hydrogen-bond donors (Lipinski definition) is 2. The molecule has 1 aromatic carbocycles. The second-order valence-corrected chi connectivity index (χ2v) is 9.02. The van der Waals surface area contributed by atoms with Crippen molar-refractivity contribution in [1.82, 2.24) is 19.7 Å². The van der Waals surface area contributed by atoms with E-state index in [1.54, 1.807) is 19.3 Å². The number of halogens is 5. The zero-order valence-corrected chi connectivity index (χ0v) is 18.9. The van der Waals surface area contributed by atoms with Crippen LogP contribution in [-0.4, -0.2) is 31.8 Å². The molecule has 34 heavy (non-hydrogen) atoms. The number of pyridine rings is 2. The number of benzene rings is 1. The average Bonchev–Trinajstić information content (AvgIpc) is 3.18. The number of hydrogen-bond acceptors (Lipinski definition) is 5. The van der Waals surface area contributed by atoms with Crippen LogP contribution in [0, 0.1) is 5.82 Å². The highest BCUT2D eigenvalue weighted by atomic mass is 35.5. The average molecular weight is 493 g/mol. The zero-order valence-electron chi connectivity index (χ0n) is 18.1. The first-order valence-electron chi connectivity index (χ1n) is 10.9. The molecule has 1 aliphatic carbocycles. The first-order valence-corrected chi connectivity index (χ1v) is 11.2. The van der Waals surface area contributed by atoms with Gasteiger partial charge in [0.1, 0.15) is 17.0 Å². The van der Waals surface area contributed by atoms with Gasteiger partial charge in [0.25, 0.3) is 0 Å². The lowest BCUT2D eigenvalue weighted by atomic mass is 9.90. The lowest BCUT2D eigenvalue weighted by Gasteiger charge is -2.32. The Morgan fingerprint density at radius 2 is 1.85 bits per heavy atom. The number of alkyl halides is 3. The molecule has 1 fully saturated rings. The van der Waals surface area contributed by atoms with Gasteiger partial charge in [-0.2, -0.15) is 18.3 Å². The van der Waals surface area contributed by atoms with E-state index in [1.807, 2.05) is 0 Å². The van der Waals surface area contributed by atoms with Crippen LogP contribution < -0.4 is 10.6 Å². The van der Waals surface area contributed by atoms with Crippen molar-refractivity contribution in [3.63, 3.8) is 0 Å². The van der Waals surface area contributed by atoms with E-state index in [1.165, 1.54) is 16.8 Å². The van der Waals surface area contributed by atoms with Crippen LogP contribution >= 0.6 is 11.6 Å². The molecule has 0 spiro atoms. The van der Waals surface area contributed by atoms with Gasteiger partial charge in [0, 0.05) is 41.4 Å². The van der Waals surface area contributed by atoms with Gasteiger partial charge in [0.05, 0.1) is 17.1 Å². The van der Waals surface area contributed by atoms with E-state index in [2.05, 4.69) is 25.7 Å². The number of nitrogens with one attached hydrogen (secondary N) is 2. The van der Waals surface area contributed by atoms with Crippen molar-refractivity contribution < 1.29 is 17.6 Å². The van der Waals surface area contributed by atoms with Crippen molar-refractivity contribution in [2.75, 3.05) is 10.6 Å². The van der Waals surface area contributed by atoms with Crippen LogP contribution in [0.5, 0.6) is 0 Å². The standard InChI is InChI=1S/C23H21ClF4N6/c1-34-11-16-21(33-34)17(25)10-29-22(16)31-14-4-2-3-13(8-14)30-19-9-20(23(26,27)28)32-18-6-5-12(24)7-15(18)19/h5-7,9-11,13-14H,2-4,8H2,1H3,(H,29,31)(H,30,32)/t13-,14+/m0/s1. The van der Waals surface area contributed by atoms with E-state index in [4.69, 9.17) is 11.6 Å². The topological polar surface area (TPSA) is 67.7 Å². The molecule has 3 heterocycles. The van der Waals surface area contributed by atoms with Crippen LogP contribution in [-0.2, 0) is 13.2 Å². The van der Waals surface area contributed by atoms with Crippen LogP contribution in [0.3, 0.4) is 0 Å². The van der Waals surface area contributed by atoms with E-state index in [0.29, 0.717) is 33.7 Å². The second kappa shape index (κ2) is 8.57. The molecule has 0 saturated heterocycles. The van der Waals surface area contributed by atoms with Crippen molar-refractivity contribution in [3.05, 3.63) is 53.2 Å². The molecule has 2 N–H and O–H groups in total. The van der Waals surface area contributed by atoms with E-state index in [-0.39, 0.29) is 23.1 Å². The molecule has 1 aliphatic rings. The maximum atomic E-state index is 14.1. The molecule has 0 radical (unpaired) electrons. The largest absolute Gasteiger partial charge is 0.433 e. The molecule has 0 amide bonds. The number of aromatic nitrogens is 4. The van der Waals surface area contributed by atoms with Crippen LogP contribution in [0.4, 0.5) is 29.1 Å². The molecule has 178 valence electrons. The Morgan fingerprint density at radius 3 is 2.62 bits per heavy atom. The van der Waals surface area contributed by atoms with Gasteiger partial charge in [-0.05, 0) is 49.9 Å². The summed E-state index contributed by atoms with van der Waals surface area (Å²) < 4.78 is 55.9. The normalized spacial score (nSPS) is 19.0. The SMILES string of the molecule is Cn1cc2c(N[C@@H]3CCC[C@H](Nc4cc(C(F)(F)F)nc5ccc(Cl)cc45)C3)ncc(F)c2n1. The fourth-order valence-corrected chi connectivity index (χ4v) is 4.71. The molecule has 0 bridgehead atoms. The minimum atomic E-state index is -4.57. The van der Waals surface area contributed by atoms with E-state index in [0.717, 1.165) is 31.5 Å². The van der Waals surface area contributed by atoms with Gasteiger partial charge in [-0.25, -0.2) is 14.4 Å². The predicted octanol–water partition coefficient (Wildman–Crippen LogP) is 6.16. The summed E-state index contributed by atoms with van der Waals surface area (Å²) in [5.41, 5.74) is -0.142. The Kier molecular flexibility index (Phi) is 5.71. The molecule has 0 unspecified atom stereocenters. The Labute approximate surface area is 197 Å². The summed E-state index contributed by atoms with van der Waals surface area (Å²) in [7, 11) is 1.71. The molecular weight excluding hydrogens is 472 g/mol. The lowest BCUT2D eigenvalue weighted by Crippen LogP contribution is -2.34. The molecule has 11 heteroatoms. The quantitative estimate of drug-likeness (QED) is 0.334. The Balaban J connectivity index is 1.40. The van der Waals surface area contributed by atoms with Crippen molar-refractivity contribution in [2.24, 2.45) is 7.05 Å². The third-order valence-corrected chi connectivity index (χ3v) is 6.29. The molecule has 6 nitrogen and oxygen atoms in total. The molecule has 0 aliphatic heterocycles. The summed E-state index contributed by atoms with van der Waals surface area (Å²) in [6, 6.07) is 5.59. The maximum absolute atomic E-state index is 14.1. The molecule has 3 aromatic heterocycles. The first-order chi connectivity index (χ1) is 16.2. The van der Waals surface area contributed by atoms with Gasteiger partial charge >= 0.3 is 6.18 Å². The summed E-state index contributed by atoms with van der Waals surface area (Å²) in [6.45, 7) is 0. The highest BCUT2D eigenvalue weighted by Crippen LogP contribution is 2.36. The zero-order chi connectivity index (χ0) is 24.0. The molecule has 1 saturated carbocycles. The molecule has 5 rings (SSSR count). The number of fused-ring (bicyclic) bond motifs is 2. The Hall–Kier alpha value is -3.14. The van der Waals surface area contributed by atoms with Gasteiger partial charge in [-0.1, -0.05) is 11.6 Å². The summed E-state index contributed by atoms with van der Waals surface area (Å²) in [6.07, 6.45) is 1.44. The van der Waals surface area contributed by atoms with E-state index < -0.39 is 17.7 Å². The van der Waals surface area contributed by atoms with Crippen LogP contribution in [0.1, 0.15) is 31.4 Å². The maximum Gasteiger partial charge on any atom is 0.433 e. The van der Waals surface area contributed by atoms with Crippen molar-refractivity contribution in [1.29, 1.82) is 0 Å². The third-order valence-electron chi connectivity index (χ3n) is 6.05. The van der Waals surface area contributed by atoms with Gasteiger partial charge in [-0.3, -0.25) is 4.68 Å². The second-order valence-electron chi connectivity index (χ2n) is 8.58. The van der Waals surface area contributed by atoms with Gasteiger partial charge in [-0.15, -0.1) is 0 Å². The fourth-order valence-electron chi connectivity index (χ4n) is 4.53. The summed E-state index contributed by atoms with van der Waals surface area (Å²) >= 11 is 6.11. The number of nitrogens with zero attached hydrogens (tertiary/aromatic N) is 4.